The van der Waals surface area contributed by atoms with Gasteiger partial charge < -0.3 is 19.5 Å². The maximum Gasteiger partial charge on any atom is 0.631 e. The average molecular weight is 180 g/mol. The first-order valence-electron chi connectivity index (χ1n) is 3.66. The summed E-state index contributed by atoms with van der Waals surface area (Å²) in [7, 11) is -2.17. The molecule has 0 radical (unpaired) electrons. The first kappa shape index (κ1) is 9.79. The van der Waals surface area contributed by atoms with E-state index < -0.39 is 7.32 Å². The smallest absolute Gasteiger partial charge is 0.464 e. The third-order valence-corrected chi connectivity index (χ3v) is 1.36. The molecular formula is C8H9BO4. The van der Waals surface area contributed by atoms with Gasteiger partial charge in [0.2, 0.25) is 0 Å². The van der Waals surface area contributed by atoms with E-state index in [1.807, 2.05) is 30.3 Å². The highest BCUT2D eigenvalue weighted by Gasteiger charge is 1.92. The van der Waals surface area contributed by atoms with Crippen LogP contribution in [-0.4, -0.2) is 22.4 Å². The molecule has 0 atom stereocenters. The number of para-hydroxylation sites is 1. The van der Waals surface area contributed by atoms with E-state index >= 15 is 0 Å². The summed E-state index contributed by atoms with van der Waals surface area (Å²) in [6.07, 6.45) is 1.70. The van der Waals surface area contributed by atoms with E-state index in [9.17, 15) is 0 Å². The molecule has 68 valence electrons. The molecular weight excluding hydrogens is 171 g/mol. The van der Waals surface area contributed by atoms with Crippen LogP contribution in [0.25, 0.3) is 11.0 Å². The van der Waals surface area contributed by atoms with Gasteiger partial charge in [-0.25, -0.2) is 0 Å². The van der Waals surface area contributed by atoms with Gasteiger partial charge in [0, 0.05) is 5.39 Å². The molecule has 0 unspecified atom stereocenters. The Bertz CT molecular complexity index is 325. The Balaban J connectivity index is 0.000000184. The minimum absolute atomic E-state index is 0.956. The van der Waals surface area contributed by atoms with Crippen LogP contribution in [0.1, 0.15) is 0 Å². The molecule has 3 N–H and O–H groups in total. The van der Waals surface area contributed by atoms with Crippen molar-refractivity contribution in [3.63, 3.8) is 0 Å². The highest BCUT2D eigenvalue weighted by atomic mass is 16.5. The fraction of sp³-hybridized carbons (Fsp3) is 0. The molecule has 4 nitrogen and oxygen atoms in total. The first-order chi connectivity index (χ1) is 6.20. The van der Waals surface area contributed by atoms with E-state index in [-0.39, 0.29) is 0 Å². The minimum Gasteiger partial charge on any atom is -0.464 e. The number of furan rings is 1. The van der Waals surface area contributed by atoms with Crippen LogP contribution in [-0.2, 0) is 0 Å². The van der Waals surface area contributed by atoms with Crippen LogP contribution in [0.2, 0.25) is 0 Å². The van der Waals surface area contributed by atoms with Gasteiger partial charge in [-0.3, -0.25) is 0 Å². The summed E-state index contributed by atoms with van der Waals surface area (Å²) in [5.74, 6) is 0. The molecule has 0 aliphatic rings. The summed E-state index contributed by atoms with van der Waals surface area (Å²) >= 11 is 0. The molecule has 0 spiro atoms. The molecule has 0 bridgehead atoms. The fourth-order valence-corrected chi connectivity index (χ4v) is 0.906. The Morgan fingerprint density at radius 3 is 2.23 bits per heavy atom. The maximum atomic E-state index is 7.17. The predicted octanol–water partition coefficient (Wildman–Crippen LogP) is 0.381. The van der Waals surface area contributed by atoms with E-state index in [1.165, 1.54) is 0 Å². The summed E-state index contributed by atoms with van der Waals surface area (Å²) < 4.78 is 5.12. The van der Waals surface area contributed by atoms with Gasteiger partial charge in [-0.1, -0.05) is 18.2 Å². The average Bonchev–Trinajstić information content (AvgIpc) is 2.49. The topological polar surface area (TPSA) is 73.8 Å². The molecule has 0 aliphatic heterocycles. The van der Waals surface area contributed by atoms with Crippen LogP contribution in [0.3, 0.4) is 0 Å². The largest absolute Gasteiger partial charge is 0.631 e. The molecule has 0 saturated carbocycles. The summed E-state index contributed by atoms with van der Waals surface area (Å²) in [5, 5.41) is 22.7. The van der Waals surface area contributed by atoms with Crippen LogP contribution in [0.15, 0.2) is 41.0 Å². The van der Waals surface area contributed by atoms with E-state index in [0.717, 1.165) is 11.0 Å². The Hall–Kier alpha value is -1.30. The summed E-state index contributed by atoms with van der Waals surface area (Å²) in [6.45, 7) is 0. The highest BCUT2D eigenvalue weighted by Crippen LogP contribution is 2.12. The summed E-state index contributed by atoms with van der Waals surface area (Å²) in [6, 6.07) is 9.90. The van der Waals surface area contributed by atoms with Gasteiger partial charge in [0.25, 0.3) is 0 Å². The molecule has 0 fully saturated rings. The van der Waals surface area contributed by atoms with Crippen molar-refractivity contribution in [3.8, 4) is 0 Å². The van der Waals surface area contributed by atoms with Gasteiger partial charge >= 0.3 is 7.32 Å². The van der Waals surface area contributed by atoms with Gasteiger partial charge in [-0.05, 0) is 12.1 Å². The van der Waals surface area contributed by atoms with E-state index in [0.29, 0.717) is 0 Å². The lowest BCUT2D eigenvalue weighted by atomic mass is 10.3. The van der Waals surface area contributed by atoms with Crippen LogP contribution in [0.4, 0.5) is 0 Å². The minimum atomic E-state index is -2.17. The number of rotatable bonds is 0. The summed E-state index contributed by atoms with van der Waals surface area (Å²) in [4.78, 5) is 0. The van der Waals surface area contributed by atoms with Crippen molar-refractivity contribution < 1.29 is 19.5 Å². The van der Waals surface area contributed by atoms with Crippen molar-refractivity contribution in [2.75, 3.05) is 0 Å². The fourth-order valence-electron chi connectivity index (χ4n) is 0.906. The molecule has 0 saturated heterocycles. The molecule has 1 aromatic heterocycles. The SMILES string of the molecule is OB(O)O.c1ccc2occc2c1. The van der Waals surface area contributed by atoms with E-state index in [2.05, 4.69) is 0 Å². The van der Waals surface area contributed by atoms with Crippen molar-refractivity contribution in [3.05, 3.63) is 36.6 Å². The van der Waals surface area contributed by atoms with Crippen molar-refractivity contribution in [2.24, 2.45) is 0 Å². The van der Waals surface area contributed by atoms with Crippen molar-refractivity contribution >= 4 is 18.3 Å². The Morgan fingerprint density at radius 1 is 1.00 bits per heavy atom. The molecule has 13 heavy (non-hydrogen) atoms. The Morgan fingerprint density at radius 2 is 1.62 bits per heavy atom. The molecule has 0 amide bonds. The molecule has 0 aliphatic carbocycles. The van der Waals surface area contributed by atoms with Crippen molar-refractivity contribution in [2.45, 2.75) is 0 Å². The zero-order valence-electron chi connectivity index (χ0n) is 6.79. The van der Waals surface area contributed by atoms with Crippen LogP contribution in [0, 0.1) is 0 Å². The third kappa shape index (κ3) is 3.29. The van der Waals surface area contributed by atoms with Gasteiger partial charge in [0.15, 0.2) is 0 Å². The number of hydrogen-bond acceptors (Lipinski definition) is 4. The lowest BCUT2D eigenvalue weighted by Gasteiger charge is -1.81. The number of fused-ring (bicyclic) bond motifs is 1. The molecule has 2 aromatic rings. The Labute approximate surface area is 75.2 Å². The van der Waals surface area contributed by atoms with E-state index in [4.69, 9.17) is 19.5 Å². The van der Waals surface area contributed by atoms with Gasteiger partial charge in [0.05, 0.1) is 6.26 Å². The molecule has 5 heteroatoms. The van der Waals surface area contributed by atoms with Crippen molar-refractivity contribution in [1.82, 2.24) is 0 Å². The van der Waals surface area contributed by atoms with Crippen molar-refractivity contribution in [1.29, 1.82) is 0 Å². The van der Waals surface area contributed by atoms with Gasteiger partial charge in [-0.2, -0.15) is 0 Å². The molecule has 1 heterocycles. The normalized spacial score (nSPS) is 9.15. The zero-order chi connectivity index (χ0) is 9.68. The first-order valence-corrected chi connectivity index (χ1v) is 3.66. The van der Waals surface area contributed by atoms with Crippen LogP contribution in [0.5, 0.6) is 0 Å². The standard InChI is InChI=1S/C8H6O.BH3O3/c1-2-4-8-7(3-1)5-6-9-8;2-1(3)4/h1-6H;2-4H. The molecule has 1 aromatic carbocycles. The third-order valence-electron chi connectivity index (χ3n) is 1.36. The number of benzene rings is 1. The second-order valence-electron chi connectivity index (χ2n) is 2.30. The zero-order valence-corrected chi connectivity index (χ0v) is 6.79. The monoisotopic (exact) mass is 180 g/mol. The lowest BCUT2D eigenvalue weighted by Crippen LogP contribution is -2.07. The summed E-state index contributed by atoms with van der Waals surface area (Å²) in [5.41, 5.74) is 0.956. The Kier molecular flexibility index (Phi) is 3.51. The van der Waals surface area contributed by atoms with Gasteiger partial charge in [-0.15, -0.1) is 0 Å². The van der Waals surface area contributed by atoms with Crippen LogP contribution >= 0.6 is 0 Å². The quantitative estimate of drug-likeness (QED) is 0.512. The predicted molar refractivity (Wildman–Crippen MR) is 48.6 cm³/mol. The maximum absolute atomic E-state index is 7.17. The highest BCUT2D eigenvalue weighted by molar-refractivity contribution is 6.30. The number of hydrogen-bond donors (Lipinski definition) is 3. The molecule has 2 rings (SSSR count). The lowest BCUT2D eigenvalue weighted by molar-refractivity contribution is 0.278. The van der Waals surface area contributed by atoms with Crippen LogP contribution < -0.4 is 0 Å². The second-order valence-corrected chi connectivity index (χ2v) is 2.30. The van der Waals surface area contributed by atoms with E-state index in [1.54, 1.807) is 6.26 Å². The second kappa shape index (κ2) is 4.66. The van der Waals surface area contributed by atoms with Gasteiger partial charge in [0.1, 0.15) is 5.58 Å².